The SMILES string of the molecule is COc1cc(/C=C(/C#N)C(=O)N(C)C)cc(Cl)c1OCc1ccc(Cl)c(Cl)c1. The van der Waals surface area contributed by atoms with Gasteiger partial charge in [-0.05, 0) is 41.5 Å². The predicted molar refractivity (Wildman–Crippen MR) is 111 cm³/mol. The van der Waals surface area contributed by atoms with E-state index in [2.05, 4.69) is 0 Å². The fourth-order valence-corrected chi connectivity index (χ4v) is 2.89. The van der Waals surface area contributed by atoms with E-state index in [9.17, 15) is 10.1 Å². The number of halogens is 3. The Kier molecular flexibility index (Phi) is 7.59. The van der Waals surface area contributed by atoms with Gasteiger partial charge in [-0.3, -0.25) is 4.79 Å². The first-order valence-electron chi connectivity index (χ1n) is 8.04. The summed E-state index contributed by atoms with van der Waals surface area (Å²) in [5.41, 5.74) is 1.32. The molecule has 2 aromatic rings. The zero-order chi connectivity index (χ0) is 20.8. The third-order valence-electron chi connectivity index (χ3n) is 3.69. The van der Waals surface area contributed by atoms with Gasteiger partial charge < -0.3 is 14.4 Å². The van der Waals surface area contributed by atoms with E-state index in [1.807, 2.05) is 6.07 Å². The van der Waals surface area contributed by atoms with Crippen LogP contribution in [0.5, 0.6) is 11.5 Å². The number of rotatable bonds is 6. The zero-order valence-electron chi connectivity index (χ0n) is 15.4. The Morgan fingerprint density at radius 1 is 1.14 bits per heavy atom. The minimum Gasteiger partial charge on any atom is -0.493 e. The summed E-state index contributed by atoms with van der Waals surface area (Å²) < 4.78 is 11.1. The second-order valence-corrected chi connectivity index (χ2v) is 7.16. The number of amides is 1. The van der Waals surface area contributed by atoms with E-state index >= 15 is 0 Å². The number of nitriles is 1. The lowest BCUT2D eigenvalue weighted by molar-refractivity contribution is -0.124. The van der Waals surface area contributed by atoms with E-state index in [1.165, 1.54) is 18.1 Å². The van der Waals surface area contributed by atoms with E-state index in [-0.39, 0.29) is 17.2 Å². The highest BCUT2D eigenvalue weighted by Crippen LogP contribution is 2.37. The van der Waals surface area contributed by atoms with Gasteiger partial charge in [-0.25, -0.2) is 0 Å². The number of ether oxygens (including phenoxy) is 2. The third kappa shape index (κ3) is 5.32. The molecule has 8 heteroatoms. The highest BCUT2D eigenvalue weighted by Gasteiger charge is 2.15. The number of likely N-dealkylation sites (N-methyl/N-ethyl adjacent to an activating group) is 1. The molecule has 0 saturated heterocycles. The predicted octanol–water partition coefficient (Wildman–Crippen LogP) is 5.23. The van der Waals surface area contributed by atoms with Crippen LogP contribution in [0.25, 0.3) is 6.08 Å². The van der Waals surface area contributed by atoms with E-state index in [4.69, 9.17) is 44.3 Å². The monoisotopic (exact) mass is 438 g/mol. The summed E-state index contributed by atoms with van der Waals surface area (Å²) >= 11 is 18.3. The second-order valence-electron chi connectivity index (χ2n) is 5.94. The van der Waals surface area contributed by atoms with Gasteiger partial charge in [0.15, 0.2) is 11.5 Å². The van der Waals surface area contributed by atoms with Crippen molar-refractivity contribution in [2.45, 2.75) is 6.61 Å². The van der Waals surface area contributed by atoms with Crippen molar-refractivity contribution in [3.05, 3.63) is 62.1 Å². The molecule has 0 heterocycles. The first kappa shape index (κ1) is 21.9. The molecule has 28 heavy (non-hydrogen) atoms. The molecule has 0 aliphatic rings. The molecule has 2 aromatic carbocycles. The number of carbonyl (C=O) groups excluding carboxylic acids is 1. The molecule has 1 amide bonds. The second kappa shape index (κ2) is 9.70. The van der Waals surface area contributed by atoms with Gasteiger partial charge in [-0.2, -0.15) is 5.26 Å². The lowest BCUT2D eigenvalue weighted by Crippen LogP contribution is -2.22. The minimum absolute atomic E-state index is 0.0207. The van der Waals surface area contributed by atoms with Crippen molar-refractivity contribution in [3.8, 4) is 17.6 Å². The quantitative estimate of drug-likeness (QED) is 0.457. The van der Waals surface area contributed by atoms with E-state index in [1.54, 1.807) is 44.4 Å². The molecule has 0 aliphatic carbocycles. The van der Waals surface area contributed by atoms with Crippen LogP contribution < -0.4 is 9.47 Å². The lowest BCUT2D eigenvalue weighted by Gasteiger charge is -2.14. The number of methoxy groups -OCH3 is 1. The molecule has 0 atom stereocenters. The average molecular weight is 440 g/mol. The van der Waals surface area contributed by atoms with Gasteiger partial charge in [0.25, 0.3) is 5.91 Å². The summed E-state index contributed by atoms with van der Waals surface area (Å²) in [6.07, 6.45) is 1.44. The highest BCUT2D eigenvalue weighted by molar-refractivity contribution is 6.42. The molecule has 0 aliphatic heterocycles. The molecule has 0 saturated carbocycles. The first-order valence-corrected chi connectivity index (χ1v) is 9.18. The summed E-state index contributed by atoms with van der Waals surface area (Å²) in [5.74, 6) is 0.302. The number of hydrogen-bond acceptors (Lipinski definition) is 4. The maximum atomic E-state index is 12.0. The largest absolute Gasteiger partial charge is 0.493 e. The molecule has 2 rings (SSSR count). The Labute approximate surface area is 178 Å². The molecule has 0 N–H and O–H groups in total. The van der Waals surface area contributed by atoms with Crippen molar-refractivity contribution in [1.29, 1.82) is 5.26 Å². The maximum Gasteiger partial charge on any atom is 0.264 e. The van der Waals surface area contributed by atoms with Crippen molar-refractivity contribution in [2.75, 3.05) is 21.2 Å². The summed E-state index contributed by atoms with van der Waals surface area (Å²) in [5, 5.41) is 10.4. The summed E-state index contributed by atoms with van der Waals surface area (Å²) in [6.45, 7) is 0.199. The number of carbonyl (C=O) groups is 1. The third-order valence-corrected chi connectivity index (χ3v) is 4.71. The van der Waals surface area contributed by atoms with Gasteiger partial charge in [0.05, 0.1) is 22.2 Å². The lowest BCUT2D eigenvalue weighted by atomic mass is 10.1. The van der Waals surface area contributed by atoms with Crippen molar-refractivity contribution in [3.63, 3.8) is 0 Å². The Balaban J connectivity index is 2.31. The van der Waals surface area contributed by atoms with Crippen LogP contribution >= 0.6 is 34.8 Å². The number of nitrogens with zero attached hydrogens (tertiary/aromatic N) is 2. The Morgan fingerprint density at radius 2 is 1.86 bits per heavy atom. The molecule has 0 unspecified atom stereocenters. The minimum atomic E-state index is -0.405. The van der Waals surface area contributed by atoms with Crippen molar-refractivity contribution in [1.82, 2.24) is 4.90 Å². The summed E-state index contributed by atoms with van der Waals surface area (Å²) in [4.78, 5) is 13.3. The van der Waals surface area contributed by atoms with Crippen LogP contribution in [0.4, 0.5) is 0 Å². The van der Waals surface area contributed by atoms with E-state index in [0.29, 0.717) is 27.1 Å². The molecule has 146 valence electrons. The van der Waals surface area contributed by atoms with Crippen LogP contribution in [0.1, 0.15) is 11.1 Å². The molecule has 0 aromatic heterocycles. The van der Waals surface area contributed by atoms with Crippen LogP contribution in [0.15, 0.2) is 35.9 Å². The summed E-state index contributed by atoms with van der Waals surface area (Å²) in [7, 11) is 4.61. The topological polar surface area (TPSA) is 62.6 Å². The molecular formula is C20H17Cl3N2O3. The van der Waals surface area contributed by atoms with Crippen molar-refractivity contribution >= 4 is 46.8 Å². The first-order chi connectivity index (χ1) is 13.3. The Morgan fingerprint density at radius 3 is 2.43 bits per heavy atom. The molecule has 5 nitrogen and oxygen atoms in total. The number of hydrogen-bond donors (Lipinski definition) is 0. The normalized spacial score (nSPS) is 11.0. The van der Waals surface area contributed by atoms with E-state index in [0.717, 1.165) is 5.56 Å². The fraction of sp³-hybridized carbons (Fsp3) is 0.200. The molecule has 0 radical (unpaired) electrons. The van der Waals surface area contributed by atoms with Gasteiger partial charge in [-0.15, -0.1) is 0 Å². The van der Waals surface area contributed by atoms with Crippen LogP contribution in [0, 0.1) is 11.3 Å². The van der Waals surface area contributed by atoms with Crippen LogP contribution in [0.2, 0.25) is 15.1 Å². The van der Waals surface area contributed by atoms with Crippen LogP contribution in [-0.4, -0.2) is 32.0 Å². The Bertz CT molecular complexity index is 966. The molecule has 0 spiro atoms. The van der Waals surface area contributed by atoms with Crippen LogP contribution in [0.3, 0.4) is 0 Å². The highest BCUT2D eigenvalue weighted by atomic mass is 35.5. The molecule has 0 fully saturated rings. The van der Waals surface area contributed by atoms with Gasteiger partial charge >= 0.3 is 0 Å². The molecular weight excluding hydrogens is 423 g/mol. The van der Waals surface area contributed by atoms with Crippen LogP contribution in [-0.2, 0) is 11.4 Å². The fourth-order valence-electron chi connectivity index (χ4n) is 2.30. The van der Waals surface area contributed by atoms with Gasteiger partial charge in [0.2, 0.25) is 0 Å². The smallest absolute Gasteiger partial charge is 0.264 e. The van der Waals surface area contributed by atoms with Gasteiger partial charge in [-0.1, -0.05) is 40.9 Å². The van der Waals surface area contributed by atoms with Gasteiger partial charge in [0.1, 0.15) is 18.2 Å². The maximum absolute atomic E-state index is 12.0. The number of benzene rings is 2. The zero-order valence-corrected chi connectivity index (χ0v) is 17.7. The van der Waals surface area contributed by atoms with E-state index < -0.39 is 5.91 Å². The van der Waals surface area contributed by atoms with Crippen molar-refractivity contribution in [2.24, 2.45) is 0 Å². The average Bonchev–Trinajstić information content (AvgIpc) is 2.66. The Hall–Kier alpha value is -2.39. The van der Waals surface area contributed by atoms with Crippen molar-refractivity contribution < 1.29 is 14.3 Å². The standard InChI is InChI=1S/C20H17Cl3N2O3/c1-25(2)20(26)14(10-24)6-13-8-17(23)19(18(9-13)27-3)28-11-12-4-5-15(21)16(22)7-12/h4-9H,11H2,1-3H3/b14-6-. The summed E-state index contributed by atoms with van der Waals surface area (Å²) in [6, 6.07) is 10.3. The van der Waals surface area contributed by atoms with Gasteiger partial charge in [0, 0.05) is 14.1 Å². The molecule has 0 bridgehead atoms.